The number of pyridine rings is 2. The lowest BCUT2D eigenvalue weighted by Crippen LogP contribution is -2.12. The minimum atomic E-state index is -4.49. The Morgan fingerprint density at radius 1 is 1.09 bits per heavy atom. The number of carbonyl (C=O) groups excluding carboxylic acids is 1. The SMILES string of the molecule is C=C/C(Oc1ccc(-c2cccc(C(N)=O)n2)cc1)=C(\C=C(/C)C(F)(F)F)c1cccnc1. The zero-order valence-electron chi connectivity index (χ0n) is 17.6. The number of hydrogen-bond acceptors (Lipinski definition) is 4. The van der Waals surface area contributed by atoms with Crippen LogP contribution in [0.2, 0.25) is 0 Å². The molecule has 3 aromatic rings. The number of aromatic nitrogens is 2. The molecule has 2 N–H and O–H groups in total. The van der Waals surface area contributed by atoms with Crippen LogP contribution < -0.4 is 10.5 Å². The number of alkyl halides is 3. The van der Waals surface area contributed by atoms with Crippen molar-refractivity contribution < 1.29 is 22.7 Å². The van der Waals surface area contributed by atoms with E-state index in [9.17, 15) is 18.0 Å². The smallest absolute Gasteiger partial charge is 0.412 e. The Balaban J connectivity index is 1.98. The van der Waals surface area contributed by atoms with Gasteiger partial charge in [0.1, 0.15) is 17.2 Å². The van der Waals surface area contributed by atoms with Gasteiger partial charge in [0.05, 0.1) is 5.69 Å². The molecular formula is C25H20F3N3O2. The van der Waals surface area contributed by atoms with Gasteiger partial charge >= 0.3 is 6.18 Å². The van der Waals surface area contributed by atoms with Crippen LogP contribution in [0.15, 0.2) is 97.1 Å². The maximum Gasteiger partial charge on any atom is 0.412 e. The molecule has 1 aromatic carbocycles. The van der Waals surface area contributed by atoms with Crippen molar-refractivity contribution in [3.8, 4) is 17.0 Å². The Morgan fingerprint density at radius 3 is 2.39 bits per heavy atom. The minimum Gasteiger partial charge on any atom is -0.457 e. The number of allylic oxidation sites excluding steroid dienone is 4. The summed E-state index contributed by atoms with van der Waals surface area (Å²) in [6.45, 7) is 4.68. The van der Waals surface area contributed by atoms with Gasteiger partial charge in [-0.15, -0.1) is 0 Å². The van der Waals surface area contributed by atoms with Gasteiger partial charge in [-0.25, -0.2) is 4.98 Å². The van der Waals surface area contributed by atoms with Crippen LogP contribution in [0.5, 0.6) is 5.75 Å². The molecule has 2 heterocycles. The molecular weight excluding hydrogens is 431 g/mol. The second-order valence-electron chi connectivity index (χ2n) is 6.95. The molecule has 168 valence electrons. The summed E-state index contributed by atoms with van der Waals surface area (Å²) in [4.78, 5) is 19.6. The number of primary amides is 1. The molecule has 3 rings (SSSR count). The molecule has 0 spiro atoms. The van der Waals surface area contributed by atoms with Crippen molar-refractivity contribution in [2.24, 2.45) is 5.73 Å². The third-order valence-electron chi connectivity index (χ3n) is 4.61. The van der Waals surface area contributed by atoms with Gasteiger partial charge in [0.2, 0.25) is 0 Å². The van der Waals surface area contributed by atoms with Gasteiger partial charge in [-0.3, -0.25) is 9.78 Å². The minimum absolute atomic E-state index is 0.133. The quantitative estimate of drug-likeness (QED) is 0.368. The molecule has 0 radical (unpaired) electrons. The molecule has 0 atom stereocenters. The Labute approximate surface area is 188 Å². The molecule has 0 fully saturated rings. The normalized spacial score (nSPS) is 12.7. The molecule has 8 heteroatoms. The Hall–Kier alpha value is -4.20. The standard InChI is InChI=1S/C25H20F3N3O2/c1-3-23(20(14-16(2)25(26,27)28)18-6-5-13-30-15-18)33-19-11-9-17(10-12-19)21-7-4-8-22(31-21)24(29)32/h3-15H,1H2,2H3,(H2,29,32)/b16-14+,23-20-. The third kappa shape index (κ3) is 5.94. The van der Waals surface area contributed by atoms with Crippen molar-refractivity contribution in [3.05, 3.63) is 108 Å². The number of hydrogen-bond donors (Lipinski definition) is 1. The zero-order chi connectivity index (χ0) is 24.0. The third-order valence-corrected chi connectivity index (χ3v) is 4.61. The second-order valence-corrected chi connectivity index (χ2v) is 6.95. The fourth-order valence-corrected chi connectivity index (χ4v) is 2.88. The first kappa shape index (κ1) is 23.5. The summed E-state index contributed by atoms with van der Waals surface area (Å²) in [5, 5.41) is 0. The molecule has 0 aliphatic carbocycles. The Morgan fingerprint density at radius 2 is 1.82 bits per heavy atom. The largest absolute Gasteiger partial charge is 0.457 e. The van der Waals surface area contributed by atoms with Gasteiger partial charge in [-0.2, -0.15) is 13.2 Å². The van der Waals surface area contributed by atoms with Gasteiger partial charge in [0, 0.05) is 34.7 Å². The lowest BCUT2D eigenvalue weighted by molar-refractivity contribution is -0.0912. The van der Waals surface area contributed by atoms with Crippen LogP contribution >= 0.6 is 0 Å². The van der Waals surface area contributed by atoms with Crippen LogP contribution in [0, 0.1) is 0 Å². The molecule has 0 aliphatic heterocycles. The molecule has 33 heavy (non-hydrogen) atoms. The first-order valence-corrected chi connectivity index (χ1v) is 9.77. The molecule has 1 amide bonds. The summed E-state index contributed by atoms with van der Waals surface area (Å²) in [5.41, 5.74) is 6.50. The van der Waals surface area contributed by atoms with Crippen LogP contribution in [-0.2, 0) is 0 Å². The average Bonchev–Trinajstić information content (AvgIpc) is 2.81. The number of benzene rings is 1. The molecule has 0 aliphatic rings. The predicted molar refractivity (Wildman–Crippen MR) is 120 cm³/mol. The zero-order valence-corrected chi connectivity index (χ0v) is 17.6. The van der Waals surface area contributed by atoms with E-state index in [1.807, 2.05) is 0 Å². The molecule has 2 aromatic heterocycles. The number of carbonyl (C=O) groups is 1. The summed E-state index contributed by atoms with van der Waals surface area (Å²) in [6.07, 6.45) is 0.822. The summed E-state index contributed by atoms with van der Waals surface area (Å²) in [5.74, 6) is -0.130. The monoisotopic (exact) mass is 451 g/mol. The lowest BCUT2D eigenvalue weighted by atomic mass is 10.0. The number of rotatable bonds is 7. The van der Waals surface area contributed by atoms with Crippen LogP contribution in [0.1, 0.15) is 23.0 Å². The van der Waals surface area contributed by atoms with Crippen molar-refractivity contribution in [1.29, 1.82) is 0 Å². The maximum absolute atomic E-state index is 13.2. The fourth-order valence-electron chi connectivity index (χ4n) is 2.88. The van der Waals surface area contributed by atoms with E-state index in [0.717, 1.165) is 13.0 Å². The fraction of sp³-hybridized carbons (Fsp3) is 0.0800. The molecule has 5 nitrogen and oxygen atoms in total. The van der Waals surface area contributed by atoms with Crippen molar-refractivity contribution in [3.63, 3.8) is 0 Å². The Kier molecular flexibility index (Phi) is 7.07. The molecule has 0 unspecified atom stereocenters. The van der Waals surface area contributed by atoms with Crippen LogP contribution in [0.4, 0.5) is 13.2 Å². The number of amides is 1. The average molecular weight is 451 g/mol. The van der Waals surface area contributed by atoms with Crippen molar-refractivity contribution in [1.82, 2.24) is 9.97 Å². The highest BCUT2D eigenvalue weighted by Crippen LogP contribution is 2.31. The van der Waals surface area contributed by atoms with E-state index in [1.165, 1.54) is 24.5 Å². The Bertz CT molecular complexity index is 1220. The van der Waals surface area contributed by atoms with Gasteiger partial charge < -0.3 is 10.5 Å². The van der Waals surface area contributed by atoms with Crippen molar-refractivity contribution in [2.75, 3.05) is 0 Å². The van der Waals surface area contributed by atoms with Crippen molar-refractivity contribution >= 4 is 11.5 Å². The molecule has 0 bridgehead atoms. The predicted octanol–water partition coefficient (Wildman–Crippen LogP) is 5.73. The maximum atomic E-state index is 13.2. The second kappa shape index (κ2) is 9.95. The molecule has 0 saturated carbocycles. The number of nitrogens with zero attached hydrogens (tertiary/aromatic N) is 2. The van der Waals surface area contributed by atoms with Crippen molar-refractivity contribution in [2.45, 2.75) is 13.1 Å². The number of ether oxygens (including phenoxy) is 1. The van der Waals surface area contributed by atoms with E-state index < -0.39 is 17.7 Å². The van der Waals surface area contributed by atoms with Gasteiger partial charge in [0.15, 0.2) is 0 Å². The first-order valence-electron chi connectivity index (χ1n) is 9.77. The van der Waals surface area contributed by atoms with E-state index >= 15 is 0 Å². The molecule has 0 saturated heterocycles. The topological polar surface area (TPSA) is 78.1 Å². The number of nitrogens with two attached hydrogens (primary N) is 1. The van der Waals surface area contributed by atoms with E-state index in [4.69, 9.17) is 10.5 Å². The first-order chi connectivity index (χ1) is 15.7. The summed E-state index contributed by atoms with van der Waals surface area (Å²) in [7, 11) is 0. The van der Waals surface area contributed by atoms with E-state index in [0.29, 0.717) is 22.6 Å². The number of halogens is 3. The summed E-state index contributed by atoms with van der Waals surface area (Å²) in [6, 6.07) is 14.9. The van der Waals surface area contributed by atoms with E-state index in [-0.39, 0.29) is 17.0 Å². The van der Waals surface area contributed by atoms with Crippen LogP contribution in [0.25, 0.3) is 16.8 Å². The van der Waals surface area contributed by atoms with E-state index in [1.54, 1.807) is 48.5 Å². The van der Waals surface area contributed by atoms with Gasteiger partial charge in [-0.05, 0) is 61.5 Å². The highest BCUT2D eigenvalue weighted by molar-refractivity contribution is 5.91. The van der Waals surface area contributed by atoms with Crippen LogP contribution in [0.3, 0.4) is 0 Å². The van der Waals surface area contributed by atoms with Crippen LogP contribution in [-0.4, -0.2) is 22.1 Å². The summed E-state index contributed by atoms with van der Waals surface area (Å²) < 4.78 is 45.5. The van der Waals surface area contributed by atoms with E-state index in [2.05, 4.69) is 16.5 Å². The lowest BCUT2D eigenvalue weighted by Gasteiger charge is -2.14. The summed E-state index contributed by atoms with van der Waals surface area (Å²) >= 11 is 0. The van der Waals surface area contributed by atoms with Gasteiger partial charge in [0.25, 0.3) is 5.91 Å². The highest BCUT2D eigenvalue weighted by Gasteiger charge is 2.30. The van der Waals surface area contributed by atoms with Gasteiger partial charge in [-0.1, -0.05) is 18.7 Å². The highest BCUT2D eigenvalue weighted by atomic mass is 19.4.